The van der Waals surface area contributed by atoms with Crippen molar-refractivity contribution in [3.63, 3.8) is 0 Å². The zero-order valence-corrected chi connectivity index (χ0v) is 16.7. The molecule has 0 aliphatic rings. The molecule has 1 amide bonds. The lowest BCUT2D eigenvalue weighted by atomic mass is 9.88. The lowest BCUT2D eigenvalue weighted by molar-refractivity contribution is -0.124. The molecule has 0 fully saturated rings. The average molecular weight is 403 g/mol. The number of ether oxygens (including phenoxy) is 1. The summed E-state index contributed by atoms with van der Waals surface area (Å²) in [6.45, 7) is 0.0443. The molecule has 0 heterocycles. The Labute approximate surface area is 176 Å². The van der Waals surface area contributed by atoms with Crippen molar-refractivity contribution >= 4 is 11.9 Å². The first-order chi connectivity index (χ1) is 14.7. The molecule has 3 aromatic carbocycles. The number of benzene rings is 3. The molecule has 5 nitrogen and oxygen atoms in total. The van der Waals surface area contributed by atoms with Crippen molar-refractivity contribution in [3.05, 3.63) is 107 Å². The molecule has 154 valence electrons. The van der Waals surface area contributed by atoms with Gasteiger partial charge in [0, 0.05) is 12.5 Å². The summed E-state index contributed by atoms with van der Waals surface area (Å²) < 4.78 is 5.08. The molecule has 0 atom stereocenters. The van der Waals surface area contributed by atoms with Gasteiger partial charge in [0.1, 0.15) is 0 Å². The van der Waals surface area contributed by atoms with E-state index in [0.717, 1.165) is 6.42 Å². The molecule has 3 rings (SSSR count). The van der Waals surface area contributed by atoms with Crippen LogP contribution in [0.1, 0.15) is 39.4 Å². The molecule has 0 spiro atoms. The molecule has 0 saturated heterocycles. The first-order valence-electron chi connectivity index (χ1n) is 9.91. The van der Waals surface area contributed by atoms with Crippen LogP contribution in [0, 0.1) is 0 Å². The number of carbonyl (C=O) groups is 2. The Morgan fingerprint density at radius 2 is 1.40 bits per heavy atom. The van der Waals surface area contributed by atoms with E-state index in [9.17, 15) is 9.59 Å². The van der Waals surface area contributed by atoms with Crippen LogP contribution in [0.25, 0.3) is 0 Å². The second-order valence-electron chi connectivity index (χ2n) is 6.94. The molecule has 30 heavy (non-hydrogen) atoms. The molecule has 3 aromatic rings. The Hall–Kier alpha value is -3.44. The van der Waals surface area contributed by atoms with Crippen LogP contribution in [0.5, 0.6) is 0 Å². The number of amides is 1. The smallest absolute Gasteiger partial charge is 0.338 e. The highest BCUT2D eigenvalue weighted by molar-refractivity contribution is 5.91. The number of aliphatic hydroxyl groups is 1. The van der Waals surface area contributed by atoms with Gasteiger partial charge in [-0.25, -0.2) is 4.79 Å². The highest BCUT2D eigenvalue weighted by Gasteiger charge is 2.15. The maximum atomic E-state index is 12.1. The molecule has 0 saturated carbocycles. The Kier molecular flexibility index (Phi) is 7.75. The molecule has 5 heteroatoms. The Morgan fingerprint density at radius 3 is 1.93 bits per heavy atom. The van der Waals surface area contributed by atoms with Gasteiger partial charge in [-0.05, 0) is 35.2 Å². The maximum absolute atomic E-state index is 12.1. The third-order valence-corrected chi connectivity index (χ3v) is 4.87. The number of hydrogen-bond donors (Lipinski definition) is 2. The van der Waals surface area contributed by atoms with E-state index in [-0.39, 0.29) is 25.0 Å². The lowest BCUT2D eigenvalue weighted by Crippen LogP contribution is -2.30. The van der Waals surface area contributed by atoms with E-state index in [4.69, 9.17) is 9.84 Å². The average Bonchev–Trinajstić information content (AvgIpc) is 2.81. The van der Waals surface area contributed by atoms with Gasteiger partial charge >= 0.3 is 5.97 Å². The molecule has 0 radical (unpaired) electrons. The number of esters is 1. The van der Waals surface area contributed by atoms with E-state index in [1.165, 1.54) is 11.1 Å². The third-order valence-electron chi connectivity index (χ3n) is 4.87. The van der Waals surface area contributed by atoms with Crippen molar-refractivity contribution < 1.29 is 19.4 Å². The summed E-state index contributed by atoms with van der Waals surface area (Å²) in [4.78, 5) is 24.1. The van der Waals surface area contributed by atoms with E-state index in [2.05, 4.69) is 29.6 Å². The summed E-state index contributed by atoms with van der Waals surface area (Å²) >= 11 is 0. The predicted octanol–water partition coefficient (Wildman–Crippen LogP) is 3.67. The quantitative estimate of drug-likeness (QED) is 0.535. The highest BCUT2D eigenvalue weighted by atomic mass is 16.5. The van der Waals surface area contributed by atoms with Crippen LogP contribution in [0.2, 0.25) is 0 Å². The van der Waals surface area contributed by atoms with Gasteiger partial charge in [0.05, 0.1) is 12.2 Å². The number of hydrogen-bond acceptors (Lipinski definition) is 4. The van der Waals surface area contributed by atoms with Crippen molar-refractivity contribution in [1.82, 2.24) is 5.32 Å². The van der Waals surface area contributed by atoms with Gasteiger partial charge in [0.25, 0.3) is 5.91 Å². The largest absolute Gasteiger partial charge is 0.452 e. The number of rotatable bonds is 9. The Balaban J connectivity index is 1.50. The van der Waals surface area contributed by atoms with Crippen molar-refractivity contribution in [2.75, 3.05) is 13.2 Å². The summed E-state index contributed by atoms with van der Waals surface area (Å²) in [5.74, 6) is -0.739. The zero-order chi connectivity index (χ0) is 21.2. The van der Waals surface area contributed by atoms with Gasteiger partial charge in [0.15, 0.2) is 6.61 Å². The standard InChI is InChI=1S/C25H25NO4/c27-17-19-11-13-22(14-12-19)25(29)30-18-24(28)26-16-15-23(20-7-3-1-4-8-20)21-9-5-2-6-10-21/h1-14,23,27H,15-18H2,(H,26,28). The fraction of sp³-hybridized carbons (Fsp3) is 0.200. The SMILES string of the molecule is O=C(COC(=O)c1ccc(CO)cc1)NCCC(c1ccccc1)c1ccccc1. The van der Waals surface area contributed by atoms with Gasteiger partial charge in [-0.15, -0.1) is 0 Å². The normalized spacial score (nSPS) is 10.6. The van der Waals surface area contributed by atoms with Gasteiger partial charge < -0.3 is 15.2 Å². The first-order valence-corrected chi connectivity index (χ1v) is 9.91. The second kappa shape index (κ2) is 10.9. The van der Waals surface area contributed by atoms with Crippen LogP contribution in [0.3, 0.4) is 0 Å². The number of aliphatic hydroxyl groups excluding tert-OH is 1. The van der Waals surface area contributed by atoms with E-state index < -0.39 is 5.97 Å². The molecule has 0 bridgehead atoms. The topological polar surface area (TPSA) is 75.6 Å². The van der Waals surface area contributed by atoms with E-state index >= 15 is 0 Å². The lowest BCUT2D eigenvalue weighted by Gasteiger charge is -2.18. The molecular weight excluding hydrogens is 378 g/mol. The third kappa shape index (κ3) is 6.03. The fourth-order valence-corrected chi connectivity index (χ4v) is 3.26. The fourth-order valence-electron chi connectivity index (χ4n) is 3.26. The summed E-state index contributed by atoms with van der Waals surface area (Å²) in [5.41, 5.74) is 3.43. The molecule has 0 unspecified atom stereocenters. The minimum Gasteiger partial charge on any atom is -0.452 e. The molecule has 0 aliphatic carbocycles. The van der Waals surface area contributed by atoms with Crippen LogP contribution in [-0.4, -0.2) is 30.1 Å². The van der Waals surface area contributed by atoms with Crippen molar-refractivity contribution in [2.24, 2.45) is 0 Å². The summed E-state index contributed by atoms with van der Waals surface area (Å²) in [6.07, 6.45) is 0.732. The summed E-state index contributed by atoms with van der Waals surface area (Å²) in [6, 6.07) is 26.8. The van der Waals surface area contributed by atoms with Crippen LogP contribution >= 0.6 is 0 Å². The number of nitrogens with one attached hydrogen (secondary N) is 1. The molecule has 2 N–H and O–H groups in total. The molecule has 0 aromatic heterocycles. The number of carbonyl (C=O) groups excluding carboxylic acids is 2. The van der Waals surface area contributed by atoms with Crippen molar-refractivity contribution in [2.45, 2.75) is 18.9 Å². The van der Waals surface area contributed by atoms with Gasteiger partial charge in [-0.3, -0.25) is 4.79 Å². The Bertz CT molecular complexity index is 900. The zero-order valence-electron chi connectivity index (χ0n) is 16.7. The van der Waals surface area contributed by atoms with E-state index in [1.807, 2.05) is 36.4 Å². The van der Waals surface area contributed by atoms with Gasteiger partial charge in [0.2, 0.25) is 0 Å². The van der Waals surface area contributed by atoms with E-state index in [0.29, 0.717) is 17.7 Å². The van der Waals surface area contributed by atoms with E-state index in [1.54, 1.807) is 24.3 Å². The predicted molar refractivity (Wildman–Crippen MR) is 115 cm³/mol. The monoisotopic (exact) mass is 403 g/mol. The minimum atomic E-state index is -0.568. The van der Waals surface area contributed by atoms with Crippen LogP contribution in [0.4, 0.5) is 0 Å². The highest BCUT2D eigenvalue weighted by Crippen LogP contribution is 2.27. The maximum Gasteiger partial charge on any atom is 0.338 e. The molecular formula is C25H25NO4. The minimum absolute atomic E-state index is 0.0926. The van der Waals surface area contributed by atoms with Crippen LogP contribution < -0.4 is 5.32 Å². The second-order valence-corrected chi connectivity index (χ2v) is 6.94. The van der Waals surface area contributed by atoms with Crippen LogP contribution in [0.15, 0.2) is 84.9 Å². The van der Waals surface area contributed by atoms with Gasteiger partial charge in [-0.1, -0.05) is 72.8 Å². The van der Waals surface area contributed by atoms with Crippen molar-refractivity contribution in [1.29, 1.82) is 0 Å². The van der Waals surface area contributed by atoms with Crippen molar-refractivity contribution in [3.8, 4) is 0 Å². The molecule has 0 aliphatic heterocycles. The van der Waals surface area contributed by atoms with Crippen LogP contribution in [-0.2, 0) is 16.1 Å². The summed E-state index contributed by atoms with van der Waals surface area (Å²) in [5, 5.41) is 11.9. The van der Waals surface area contributed by atoms with Gasteiger partial charge in [-0.2, -0.15) is 0 Å². The first kappa shape index (κ1) is 21.3. The Morgan fingerprint density at radius 1 is 0.833 bits per heavy atom. The summed E-state index contributed by atoms with van der Waals surface area (Å²) in [7, 11) is 0.